The topological polar surface area (TPSA) is 47.3 Å². The van der Waals surface area contributed by atoms with E-state index >= 15 is 0 Å². The second kappa shape index (κ2) is 5.27. The number of nitrogen functional groups attached to an aromatic ring is 1. The van der Waals surface area contributed by atoms with Crippen LogP contribution in [0.15, 0.2) is 42.5 Å². The summed E-state index contributed by atoms with van der Waals surface area (Å²) in [6.45, 7) is 0. The lowest BCUT2D eigenvalue weighted by molar-refractivity contribution is 0.415. The monoisotopic (exact) mass is 340 g/mol. The Morgan fingerprint density at radius 2 is 1.82 bits per heavy atom. The van der Waals surface area contributed by atoms with E-state index in [1.54, 1.807) is 13.2 Å². The lowest BCUT2D eigenvalue weighted by Gasteiger charge is -2.10. The van der Waals surface area contributed by atoms with E-state index in [9.17, 15) is 0 Å². The third-order valence-corrected chi connectivity index (χ3v) is 3.10. The molecule has 0 aliphatic heterocycles. The van der Waals surface area contributed by atoms with Crippen molar-refractivity contribution in [1.29, 1.82) is 0 Å². The summed E-state index contributed by atoms with van der Waals surface area (Å²) in [6, 6.07) is 13.7. The highest BCUT2D eigenvalue weighted by atomic mass is 127. The number of nitrogens with two attached hydrogens (primary N) is 1. The normalized spacial score (nSPS) is 10.0. The maximum absolute atomic E-state index is 5.93. The van der Waals surface area contributed by atoms with Crippen LogP contribution in [-0.4, -0.2) is 7.11 Å². The molecule has 0 spiro atoms. The number of hydrogen-bond acceptors (Lipinski definition) is 3. The minimum atomic E-state index is 0.669. The third kappa shape index (κ3) is 3.03. The maximum Gasteiger partial charge on any atom is 0.121 e. The van der Waals surface area contributed by atoms with Gasteiger partial charge in [-0.1, -0.05) is 0 Å². The zero-order valence-electron chi connectivity index (χ0n) is 9.41. The minimum absolute atomic E-state index is 0.669. The number of hydrogen-bond donors (Lipinski definition) is 2. The fourth-order valence-corrected chi connectivity index (χ4v) is 1.83. The Labute approximate surface area is 114 Å². The molecule has 0 saturated heterocycles. The third-order valence-electron chi connectivity index (χ3n) is 2.38. The van der Waals surface area contributed by atoms with Crippen molar-refractivity contribution in [3.8, 4) is 5.75 Å². The molecule has 0 aromatic heterocycles. The molecule has 2 rings (SSSR count). The molecule has 2 aromatic rings. The Morgan fingerprint density at radius 3 is 2.41 bits per heavy atom. The molecule has 2 aromatic carbocycles. The van der Waals surface area contributed by atoms with Crippen LogP contribution in [0.25, 0.3) is 0 Å². The van der Waals surface area contributed by atoms with Crippen molar-refractivity contribution in [3.63, 3.8) is 0 Å². The second-order valence-electron chi connectivity index (χ2n) is 3.59. The molecule has 3 nitrogen and oxygen atoms in total. The van der Waals surface area contributed by atoms with E-state index in [0.717, 1.165) is 17.1 Å². The summed E-state index contributed by atoms with van der Waals surface area (Å²) in [5.74, 6) is 0.760. The summed E-state index contributed by atoms with van der Waals surface area (Å²) in [7, 11) is 1.63. The highest BCUT2D eigenvalue weighted by molar-refractivity contribution is 14.1. The van der Waals surface area contributed by atoms with E-state index < -0.39 is 0 Å². The van der Waals surface area contributed by atoms with Crippen LogP contribution >= 0.6 is 22.6 Å². The van der Waals surface area contributed by atoms with Gasteiger partial charge < -0.3 is 15.8 Å². The molecular weight excluding hydrogens is 327 g/mol. The number of ether oxygens (including phenoxy) is 1. The number of anilines is 3. The lowest BCUT2D eigenvalue weighted by Crippen LogP contribution is -1.97. The summed E-state index contributed by atoms with van der Waals surface area (Å²) >= 11 is 2.27. The first-order chi connectivity index (χ1) is 8.19. The van der Waals surface area contributed by atoms with Crippen LogP contribution in [0.4, 0.5) is 17.1 Å². The van der Waals surface area contributed by atoms with Crippen LogP contribution in [0.3, 0.4) is 0 Å². The Morgan fingerprint density at radius 1 is 1.12 bits per heavy atom. The molecule has 0 bridgehead atoms. The summed E-state index contributed by atoms with van der Waals surface area (Å²) in [6.07, 6.45) is 0. The van der Waals surface area contributed by atoms with Crippen molar-refractivity contribution >= 4 is 39.7 Å². The van der Waals surface area contributed by atoms with E-state index in [2.05, 4.69) is 27.9 Å². The van der Waals surface area contributed by atoms with E-state index in [1.165, 1.54) is 3.57 Å². The van der Waals surface area contributed by atoms with Crippen LogP contribution in [0.1, 0.15) is 0 Å². The lowest BCUT2D eigenvalue weighted by atomic mass is 10.2. The van der Waals surface area contributed by atoms with Gasteiger partial charge in [-0.15, -0.1) is 0 Å². The van der Waals surface area contributed by atoms with E-state index in [4.69, 9.17) is 10.5 Å². The molecule has 0 unspecified atom stereocenters. The summed E-state index contributed by atoms with van der Waals surface area (Å²) in [5.41, 5.74) is 8.50. The van der Waals surface area contributed by atoms with Crippen molar-refractivity contribution in [2.24, 2.45) is 0 Å². The van der Waals surface area contributed by atoms with E-state index in [1.807, 2.05) is 36.4 Å². The number of rotatable bonds is 3. The van der Waals surface area contributed by atoms with Gasteiger partial charge in [-0.25, -0.2) is 0 Å². The first-order valence-corrected chi connectivity index (χ1v) is 6.23. The van der Waals surface area contributed by atoms with Crippen LogP contribution in [0.2, 0.25) is 0 Å². The number of methoxy groups -OCH3 is 1. The van der Waals surface area contributed by atoms with Crippen LogP contribution < -0.4 is 15.8 Å². The van der Waals surface area contributed by atoms with E-state index in [-0.39, 0.29) is 0 Å². The molecule has 0 aliphatic rings. The smallest absolute Gasteiger partial charge is 0.121 e. The maximum atomic E-state index is 5.93. The Hall–Kier alpha value is -1.43. The standard InChI is InChI=1S/C13H13IN2O/c1-17-11-6-7-13(12(15)8-11)16-10-4-2-9(14)3-5-10/h2-8,16H,15H2,1H3. The number of benzene rings is 2. The molecule has 0 amide bonds. The SMILES string of the molecule is COc1ccc(Nc2ccc(I)cc2)c(N)c1. The molecule has 0 aliphatic carbocycles. The van der Waals surface area contributed by atoms with Gasteiger partial charge in [0.2, 0.25) is 0 Å². The fourth-order valence-electron chi connectivity index (χ4n) is 1.47. The van der Waals surface area contributed by atoms with Crippen molar-refractivity contribution in [2.45, 2.75) is 0 Å². The van der Waals surface area contributed by atoms with Gasteiger partial charge in [0, 0.05) is 15.3 Å². The van der Waals surface area contributed by atoms with Crippen LogP contribution in [0.5, 0.6) is 5.75 Å². The van der Waals surface area contributed by atoms with Gasteiger partial charge >= 0.3 is 0 Å². The molecule has 88 valence electrons. The van der Waals surface area contributed by atoms with Crippen molar-refractivity contribution in [2.75, 3.05) is 18.2 Å². The molecule has 0 saturated carbocycles. The minimum Gasteiger partial charge on any atom is -0.497 e. The Kier molecular flexibility index (Phi) is 3.73. The average molecular weight is 340 g/mol. The first-order valence-electron chi connectivity index (χ1n) is 5.15. The van der Waals surface area contributed by atoms with Gasteiger partial charge in [-0.2, -0.15) is 0 Å². The molecule has 0 radical (unpaired) electrons. The Balaban J connectivity index is 2.21. The predicted molar refractivity (Wildman–Crippen MR) is 79.8 cm³/mol. The molecular formula is C13H13IN2O. The van der Waals surface area contributed by atoms with Crippen molar-refractivity contribution in [1.82, 2.24) is 0 Å². The van der Waals surface area contributed by atoms with Crippen molar-refractivity contribution in [3.05, 3.63) is 46.0 Å². The van der Waals surface area contributed by atoms with Gasteiger partial charge in [-0.3, -0.25) is 0 Å². The second-order valence-corrected chi connectivity index (χ2v) is 4.83. The van der Waals surface area contributed by atoms with Gasteiger partial charge in [0.25, 0.3) is 0 Å². The van der Waals surface area contributed by atoms with Crippen LogP contribution in [-0.2, 0) is 0 Å². The summed E-state index contributed by atoms with van der Waals surface area (Å²) < 4.78 is 6.31. The summed E-state index contributed by atoms with van der Waals surface area (Å²) in [5, 5.41) is 3.27. The first kappa shape index (κ1) is 12.0. The molecule has 0 atom stereocenters. The zero-order chi connectivity index (χ0) is 12.3. The summed E-state index contributed by atoms with van der Waals surface area (Å²) in [4.78, 5) is 0. The highest BCUT2D eigenvalue weighted by Gasteiger charge is 2.01. The molecule has 0 heterocycles. The number of nitrogens with one attached hydrogen (secondary N) is 1. The number of halogens is 1. The van der Waals surface area contributed by atoms with Crippen molar-refractivity contribution < 1.29 is 4.74 Å². The van der Waals surface area contributed by atoms with Crippen LogP contribution in [0, 0.1) is 3.57 Å². The molecule has 0 fully saturated rings. The van der Waals surface area contributed by atoms with Gasteiger partial charge in [-0.05, 0) is 59.0 Å². The predicted octanol–water partition coefficient (Wildman–Crippen LogP) is 3.63. The molecule has 3 N–H and O–H groups in total. The molecule has 17 heavy (non-hydrogen) atoms. The van der Waals surface area contributed by atoms with E-state index in [0.29, 0.717) is 5.69 Å². The molecule has 4 heteroatoms. The van der Waals surface area contributed by atoms with Gasteiger partial charge in [0.05, 0.1) is 18.5 Å². The fraction of sp³-hybridized carbons (Fsp3) is 0.0769. The largest absolute Gasteiger partial charge is 0.497 e. The average Bonchev–Trinajstić information content (AvgIpc) is 2.34. The zero-order valence-corrected chi connectivity index (χ0v) is 11.6. The van der Waals surface area contributed by atoms with Gasteiger partial charge in [0.1, 0.15) is 5.75 Å². The van der Waals surface area contributed by atoms with Gasteiger partial charge in [0.15, 0.2) is 0 Å². The Bertz CT molecular complexity index is 511. The highest BCUT2D eigenvalue weighted by Crippen LogP contribution is 2.27. The quantitative estimate of drug-likeness (QED) is 0.663.